The van der Waals surface area contributed by atoms with Gasteiger partial charge < -0.3 is 5.11 Å². The number of carboxylic acids is 1. The quantitative estimate of drug-likeness (QED) is 0.880. The van der Waals surface area contributed by atoms with Crippen molar-refractivity contribution < 1.29 is 18.3 Å². The molecule has 0 unspecified atom stereocenters. The van der Waals surface area contributed by atoms with Crippen molar-refractivity contribution >= 4 is 31.9 Å². The summed E-state index contributed by atoms with van der Waals surface area (Å²) in [6.07, 6.45) is 1.60. The molecule has 5 nitrogen and oxygen atoms in total. The van der Waals surface area contributed by atoms with E-state index in [9.17, 15) is 13.2 Å². The van der Waals surface area contributed by atoms with Gasteiger partial charge in [0.1, 0.15) is 0 Å². The fourth-order valence-electron chi connectivity index (χ4n) is 2.70. The molecule has 1 aliphatic heterocycles. The third kappa shape index (κ3) is 2.86. The second kappa shape index (κ2) is 5.37. The average Bonchev–Trinajstić information content (AvgIpc) is 2.72. The van der Waals surface area contributed by atoms with Crippen LogP contribution in [-0.2, 0) is 10.0 Å². The number of aryl methyl sites for hydroxylation is 1. The van der Waals surface area contributed by atoms with E-state index in [1.54, 1.807) is 6.92 Å². The van der Waals surface area contributed by atoms with E-state index >= 15 is 0 Å². The summed E-state index contributed by atoms with van der Waals surface area (Å²) >= 11 is 3.29. The second-order valence-corrected chi connectivity index (χ2v) is 8.53. The maximum Gasteiger partial charge on any atom is 0.335 e. The zero-order valence-corrected chi connectivity index (χ0v) is 14.6. The second-order valence-electron chi connectivity index (χ2n) is 5.90. The van der Waals surface area contributed by atoms with Crippen LogP contribution < -0.4 is 0 Å². The van der Waals surface area contributed by atoms with Gasteiger partial charge in [0.05, 0.1) is 10.5 Å². The van der Waals surface area contributed by atoms with Gasteiger partial charge in [-0.3, -0.25) is 0 Å². The highest BCUT2D eigenvalue weighted by Gasteiger charge is 2.41. The molecule has 0 aliphatic carbocycles. The molecule has 1 saturated heterocycles. The number of sulfonamides is 1. The lowest BCUT2D eigenvalue weighted by molar-refractivity contribution is 0.0696. The monoisotopic (exact) mass is 375 g/mol. The van der Waals surface area contributed by atoms with Crippen molar-refractivity contribution in [1.82, 2.24) is 4.31 Å². The van der Waals surface area contributed by atoms with Crippen LogP contribution in [0.4, 0.5) is 0 Å². The van der Waals surface area contributed by atoms with Crippen LogP contribution in [0.15, 0.2) is 21.5 Å². The zero-order valence-electron chi connectivity index (χ0n) is 12.2. The minimum Gasteiger partial charge on any atom is -0.478 e. The fourth-order valence-corrected chi connectivity index (χ4v) is 5.55. The van der Waals surface area contributed by atoms with Crippen LogP contribution in [0, 0.1) is 6.92 Å². The van der Waals surface area contributed by atoms with Crippen molar-refractivity contribution in [1.29, 1.82) is 0 Å². The van der Waals surface area contributed by atoms with Crippen LogP contribution in [0.1, 0.15) is 42.6 Å². The Bertz CT molecular complexity index is 697. The number of halogens is 1. The van der Waals surface area contributed by atoms with E-state index in [1.165, 1.54) is 16.4 Å². The van der Waals surface area contributed by atoms with Crippen LogP contribution >= 0.6 is 15.9 Å². The van der Waals surface area contributed by atoms with Gasteiger partial charge in [0.25, 0.3) is 0 Å². The molecule has 2 rings (SSSR count). The maximum absolute atomic E-state index is 12.9. The minimum atomic E-state index is -3.73. The molecule has 0 amide bonds. The zero-order chi connectivity index (χ0) is 16.0. The number of hydrogen-bond acceptors (Lipinski definition) is 3. The first-order valence-corrected chi connectivity index (χ1v) is 8.87. The smallest absolute Gasteiger partial charge is 0.335 e. The van der Waals surface area contributed by atoms with E-state index in [-0.39, 0.29) is 10.5 Å². The lowest BCUT2D eigenvalue weighted by Crippen LogP contribution is -2.42. The molecule has 0 radical (unpaired) electrons. The number of carboxylic acid groups (broad SMARTS) is 1. The lowest BCUT2D eigenvalue weighted by Gasteiger charge is -2.31. The number of benzene rings is 1. The fraction of sp³-hybridized carbons (Fsp3) is 0.500. The number of hydrogen-bond donors (Lipinski definition) is 1. The SMILES string of the molecule is Cc1cc(C(=O)O)cc(S(=O)(=O)N2CCCC2(C)C)c1Br. The summed E-state index contributed by atoms with van der Waals surface area (Å²) in [5.41, 5.74) is 0.113. The normalized spacial score (nSPS) is 18.9. The van der Waals surface area contributed by atoms with E-state index in [1.807, 2.05) is 13.8 Å². The Hall–Kier alpha value is -0.920. The molecule has 7 heteroatoms. The summed E-state index contributed by atoms with van der Waals surface area (Å²) < 4.78 is 27.7. The van der Waals surface area contributed by atoms with Gasteiger partial charge in [0.2, 0.25) is 10.0 Å². The van der Waals surface area contributed by atoms with Crippen molar-refractivity contribution in [2.45, 2.75) is 44.0 Å². The van der Waals surface area contributed by atoms with Crippen molar-refractivity contribution in [3.8, 4) is 0 Å². The summed E-state index contributed by atoms with van der Waals surface area (Å²) in [4.78, 5) is 11.2. The van der Waals surface area contributed by atoms with Gasteiger partial charge in [-0.2, -0.15) is 4.31 Å². The highest BCUT2D eigenvalue weighted by molar-refractivity contribution is 9.10. The minimum absolute atomic E-state index is 0.0220. The molecule has 1 aliphatic rings. The Morgan fingerprint density at radius 2 is 2.00 bits per heavy atom. The molecule has 116 valence electrons. The Balaban J connectivity index is 2.62. The van der Waals surface area contributed by atoms with E-state index in [4.69, 9.17) is 5.11 Å². The third-order valence-corrected chi connectivity index (χ3v) is 7.31. The largest absolute Gasteiger partial charge is 0.478 e. The standard InChI is InChI=1S/C14H18BrNO4S/c1-9-7-10(13(17)18)8-11(12(9)15)21(19,20)16-6-4-5-14(16,2)3/h7-8H,4-6H2,1-3H3,(H,17,18). The molecular weight excluding hydrogens is 358 g/mol. The Kier molecular flexibility index (Phi) is 4.21. The number of rotatable bonds is 3. The van der Waals surface area contributed by atoms with Gasteiger partial charge in [-0.05, 0) is 67.2 Å². The topological polar surface area (TPSA) is 74.7 Å². The first-order chi connectivity index (χ1) is 9.57. The Morgan fingerprint density at radius 1 is 1.38 bits per heavy atom. The van der Waals surface area contributed by atoms with Crippen molar-refractivity contribution in [2.24, 2.45) is 0 Å². The van der Waals surface area contributed by atoms with Crippen molar-refractivity contribution in [3.63, 3.8) is 0 Å². The first-order valence-electron chi connectivity index (χ1n) is 6.63. The van der Waals surface area contributed by atoms with Crippen LogP contribution in [-0.4, -0.2) is 35.9 Å². The molecule has 1 fully saturated rings. The highest BCUT2D eigenvalue weighted by atomic mass is 79.9. The molecule has 1 N–H and O–H groups in total. The molecule has 0 spiro atoms. The number of carbonyl (C=O) groups is 1. The molecule has 0 atom stereocenters. The molecule has 0 saturated carbocycles. The lowest BCUT2D eigenvalue weighted by atomic mass is 10.0. The highest BCUT2D eigenvalue weighted by Crippen LogP contribution is 2.37. The maximum atomic E-state index is 12.9. The van der Waals surface area contributed by atoms with E-state index < -0.39 is 21.5 Å². The van der Waals surface area contributed by atoms with Crippen LogP contribution in [0.25, 0.3) is 0 Å². The molecular formula is C14H18BrNO4S. The van der Waals surface area contributed by atoms with Gasteiger partial charge in [-0.1, -0.05) is 0 Å². The predicted octanol–water partition coefficient (Wildman–Crippen LogP) is 3.02. The van der Waals surface area contributed by atoms with Gasteiger partial charge in [-0.15, -0.1) is 0 Å². The molecule has 21 heavy (non-hydrogen) atoms. The molecule has 1 aromatic carbocycles. The van der Waals surface area contributed by atoms with Crippen LogP contribution in [0.2, 0.25) is 0 Å². The summed E-state index contributed by atoms with van der Waals surface area (Å²) in [5.74, 6) is -1.14. The van der Waals surface area contributed by atoms with E-state index in [0.29, 0.717) is 16.6 Å². The first kappa shape index (κ1) is 16.5. The van der Waals surface area contributed by atoms with Crippen LogP contribution in [0.3, 0.4) is 0 Å². The average molecular weight is 376 g/mol. The van der Waals surface area contributed by atoms with E-state index in [0.717, 1.165) is 12.8 Å². The van der Waals surface area contributed by atoms with Gasteiger partial charge >= 0.3 is 5.97 Å². The van der Waals surface area contributed by atoms with Gasteiger partial charge in [0, 0.05) is 16.6 Å². The van der Waals surface area contributed by atoms with Crippen molar-refractivity contribution in [2.75, 3.05) is 6.54 Å². The van der Waals surface area contributed by atoms with Gasteiger partial charge in [0.15, 0.2) is 0 Å². The summed E-state index contributed by atoms with van der Waals surface area (Å²) in [7, 11) is -3.73. The Labute approximate surface area is 133 Å². The third-order valence-electron chi connectivity index (χ3n) is 3.86. The van der Waals surface area contributed by atoms with E-state index in [2.05, 4.69) is 15.9 Å². The molecule has 1 aromatic rings. The van der Waals surface area contributed by atoms with Gasteiger partial charge in [-0.25, -0.2) is 13.2 Å². The molecule has 0 aromatic heterocycles. The number of nitrogens with zero attached hydrogens (tertiary/aromatic N) is 1. The molecule has 1 heterocycles. The Morgan fingerprint density at radius 3 is 2.48 bits per heavy atom. The summed E-state index contributed by atoms with van der Waals surface area (Å²) in [5, 5.41) is 9.13. The van der Waals surface area contributed by atoms with Crippen molar-refractivity contribution in [3.05, 3.63) is 27.7 Å². The summed E-state index contributed by atoms with van der Waals surface area (Å²) in [6.45, 7) is 5.92. The van der Waals surface area contributed by atoms with Crippen LogP contribution in [0.5, 0.6) is 0 Å². The molecule has 0 bridgehead atoms. The predicted molar refractivity (Wildman–Crippen MR) is 83.0 cm³/mol. The number of aromatic carboxylic acids is 1. The summed E-state index contributed by atoms with van der Waals surface area (Å²) in [6, 6.07) is 2.68.